The van der Waals surface area contributed by atoms with Crippen LogP contribution in [0.5, 0.6) is 5.75 Å². The number of hydrogen-bond donors (Lipinski definition) is 3. The van der Waals surface area contributed by atoms with Crippen LogP contribution in [0.3, 0.4) is 0 Å². The van der Waals surface area contributed by atoms with Gasteiger partial charge in [0.25, 0.3) is 5.91 Å². The molecular formula is C13H17NO4. The highest BCUT2D eigenvalue weighted by molar-refractivity contribution is 5.96. The third-order valence-corrected chi connectivity index (χ3v) is 2.90. The summed E-state index contributed by atoms with van der Waals surface area (Å²) < 4.78 is 0. The predicted molar refractivity (Wildman–Crippen MR) is 66.5 cm³/mol. The van der Waals surface area contributed by atoms with Crippen LogP contribution >= 0.6 is 0 Å². The Labute approximate surface area is 105 Å². The molecule has 0 heterocycles. The van der Waals surface area contributed by atoms with E-state index in [-0.39, 0.29) is 11.7 Å². The first-order valence-corrected chi connectivity index (χ1v) is 5.78. The number of phenols is 1. The number of carbonyl (C=O) groups is 2. The molecule has 0 aromatic heterocycles. The standard InChI is InChI=1S/C13H17NO4/c1-3-8(2)11(13(17)18)14-12(16)9-4-6-10(15)7-5-9/h4-8,11,15H,3H2,1-2H3,(H,14,16)(H,17,18)/t8?,11-/m0/s1. The highest BCUT2D eigenvalue weighted by atomic mass is 16.4. The fraction of sp³-hybridized carbons (Fsp3) is 0.385. The van der Waals surface area contributed by atoms with Gasteiger partial charge in [0.2, 0.25) is 0 Å². The summed E-state index contributed by atoms with van der Waals surface area (Å²) in [5.41, 5.74) is 0.322. The van der Waals surface area contributed by atoms with Crippen molar-refractivity contribution in [2.45, 2.75) is 26.3 Å². The van der Waals surface area contributed by atoms with Crippen molar-refractivity contribution < 1.29 is 19.8 Å². The number of amides is 1. The number of carboxylic acid groups (broad SMARTS) is 1. The molecule has 1 unspecified atom stereocenters. The zero-order valence-electron chi connectivity index (χ0n) is 10.4. The van der Waals surface area contributed by atoms with Crippen molar-refractivity contribution in [2.24, 2.45) is 5.92 Å². The minimum absolute atomic E-state index is 0.0586. The third kappa shape index (κ3) is 3.48. The minimum atomic E-state index is -1.04. The smallest absolute Gasteiger partial charge is 0.326 e. The molecule has 0 radical (unpaired) electrons. The number of carbonyl (C=O) groups excluding carboxylic acids is 1. The highest BCUT2D eigenvalue weighted by Gasteiger charge is 2.25. The van der Waals surface area contributed by atoms with Crippen molar-refractivity contribution in [1.82, 2.24) is 5.32 Å². The van der Waals surface area contributed by atoms with Crippen LogP contribution in [0, 0.1) is 5.92 Å². The van der Waals surface area contributed by atoms with Gasteiger partial charge in [0.05, 0.1) is 0 Å². The van der Waals surface area contributed by atoms with Crippen LogP contribution in [0.4, 0.5) is 0 Å². The fourth-order valence-corrected chi connectivity index (χ4v) is 1.52. The van der Waals surface area contributed by atoms with Crippen molar-refractivity contribution in [3.63, 3.8) is 0 Å². The van der Waals surface area contributed by atoms with Crippen molar-refractivity contribution in [2.75, 3.05) is 0 Å². The number of hydrogen-bond acceptors (Lipinski definition) is 3. The minimum Gasteiger partial charge on any atom is -0.508 e. The van der Waals surface area contributed by atoms with Gasteiger partial charge in [-0.25, -0.2) is 4.79 Å². The molecular weight excluding hydrogens is 234 g/mol. The molecule has 3 N–H and O–H groups in total. The normalized spacial score (nSPS) is 13.7. The lowest BCUT2D eigenvalue weighted by Gasteiger charge is -2.20. The van der Waals surface area contributed by atoms with Gasteiger partial charge in [0.15, 0.2) is 0 Å². The van der Waals surface area contributed by atoms with E-state index in [1.54, 1.807) is 6.92 Å². The van der Waals surface area contributed by atoms with Crippen LogP contribution in [0.15, 0.2) is 24.3 Å². The van der Waals surface area contributed by atoms with Gasteiger partial charge in [-0.3, -0.25) is 4.79 Å². The molecule has 0 saturated carbocycles. The lowest BCUT2D eigenvalue weighted by atomic mass is 9.99. The maximum Gasteiger partial charge on any atom is 0.326 e. The van der Waals surface area contributed by atoms with Gasteiger partial charge < -0.3 is 15.5 Å². The summed E-state index contributed by atoms with van der Waals surface area (Å²) in [7, 11) is 0. The number of rotatable bonds is 5. The molecule has 5 nitrogen and oxygen atoms in total. The van der Waals surface area contributed by atoms with Gasteiger partial charge in [0, 0.05) is 5.56 Å². The lowest BCUT2D eigenvalue weighted by Crippen LogP contribution is -2.45. The molecule has 98 valence electrons. The van der Waals surface area contributed by atoms with Crippen LogP contribution in [-0.2, 0) is 4.79 Å². The van der Waals surface area contributed by atoms with Crippen molar-refractivity contribution in [3.8, 4) is 5.75 Å². The van der Waals surface area contributed by atoms with Crippen LogP contribution in [-0.4, -0.2) is 28.1 Å². The van der Waals surface area contributed by atoms with E-state index in [1.807, 2.05) is 6.92 Å². The van der Waals surface area contributed by atoms with E-state index in [4.69, 9.17) is 10.2 Å². The van der Waals surface area contributed by atoms with E-state index in [1.165, 1.54) is 24.3 Å². The molecule has 0 aliphatic rings. The van der Waals surface area contributed by atoms with E-state index in [0.717, 1.165) is 0 Å². The molecule has 1 aromatic rings. The van der Waals surface area contributed by atoms with Crippen LogP contribution in [0.25, 0.3) is 0 Å². The summed E-state index contributed by atoms with van der Waals surface area (Å²) in [5, 5.41) is 20.7. The summed E-state index contributed by atoms with van der Waals surface area (Å²) in [6, 6.07) is 4.75. The topological polar surface area (TPSA) is 86.6 Å². The summed E-state index contributed by atoms with van der Waals surface area (Å²) >= 11 is 0. The maximum absolute atomic E-state index is 11.8. The predicted octanol–water partition coefficient (Wildman–Crippen LogP) is 1.62. The zero-order chi connectivity index (χ0) is 13.7. The summed E-state index contributed by atoms with van der Waals surface area (Å²) in [6.45, 7) is 3.64. The Balaban J connectivity index is 2.78. The van der Waals surface area contributed by atoms with Crippen molar-refractivity contribution in [1.29, 1.82) is 0 Å². The number of benzene rings is 1. The Morgan fingerprint density at radius 3 is 2.28 bits per heavy atom. The van der Waals surface area contributed by atoms with Crippen LogP contribution in [0.2, 0.25) is 0 Å². The molecule has 0 saturated heterocycles. The Morgan fingerprint density at radius 1 is 1.28 bits per heavy atom. The second-order valence-electron chi connectivity index (χ2n) is 4.22. The van der Waals surface area contributed by atoms with Crippen molar-refractivity contribution >= 4 is 11.9 Å². The number of carboxylic acids is 1. The van der Waals surface area contributed by atoms with Crippen molar-refractivity contribution in [3.05, 3.63) is 29.8 Å². The number of aromatic hydroxyl groups is 1. The SMILES string of the molecule is CCC(C)[C@H](NC(=O)c1ccc(O)cc1)C(=O)O. The van der Waals surface area contributed by atoms with E-state index in [2.05, 4.69) is 5.32 Å². The fourth-order valence-electron chi connectivity index (χ4n) is 1.52. The average molecular weight is 251 g/mol. The van der Waals surface area contributed by atoms with E-state index in [9.17, 15) is 9.59 Å². The number of aliphatic carboxylic acids is 1. The number of phenolic OH excluding ortho intramolecular Hbond substituents is 1. The van der Waals surface area contributed by atoms with E-state index < -0.39 is 17.9 Å². The molecule has 1 rings (SSSR count). The Hall–Kier alpha value is -2.04. The molecule has 0 spiro atoms. The molecule has 2 atom stereocenters. The van der Waals surface area contributed by atoms with Crippen LogP contribution < -0.4 is 5.32 Å². The Kier molecular flexibility index (Phi) is 4.71. The first kappa shape index (κ1) is 14.0. The van der Waals surface area contributed by atoms with E-state index in [0.29, 0.717) is 12.0 Å². The third-order valence-electron chi connectivity index (χ3n) is 2.90. The monoisotopic (exact) mass is 251 g/mol. The van der Waals surface area contributed by atoms with Gasteiger partial charge in [-0.1, -0.05) is 20.3 Å². The number of nitrogens with one attached hydrogen (secondary N) is 1. The van der Waals surface area contributed by atoms with Crippen LogP contribution in [0.1, 0.15) is 30.6 Å². The highest BCUT2D eigenvalue weighted by Crippen LogP contribution is 2.12. The molecule has 5 heteroatoms. The second-order valence-corrected chi connectivity index (χ2v) is 4.22. The summed E-state index contributed by atoms with van der Waals surface area (Å²) in [6.07, 6.45) is 0.660. The average Bonchev–Trinajstić information content (AvgIpc) is 2.35. The summed E-state index contributed by atoms with van der Waals surface area (Å²) in [4.78, 5) is 22.9. The molecule has 0 aliphatic carbocycles. The van der Waals surface area contributed by atoms with Gasteiger partial charge in [-0.15, -0.1) is 0 Å². The summed E-state index contributed by atoms with van der Waals surface area (Å²) in [5.74, 6) is -1.59. The molecule has 1 aromatic carbocycles. The van der Waals surface area contributed by atoms with Gasteiger partial charge in [0.1, 0.15) is 11.8 Å². The van der Waals surface area contributed by atoms with Gasteiger partial charge in [-0.2, -0.15) is 0 Å². The molecule has 1 amide bonds. The second kappa shape index (κ2) is 6.05. The van der Waals surface area contributed by atoms with Gasteiger partial charge >= 0.3 is 5.97 Å². The Bertz CT molecular complexity index is 427. The quantitative estimate of drug-likeness (QED) is 0.742. The van der Waals surface area contributed by atoms with Gasteiger partial charge in [-0.05, 0) is 30.2 Å². The molecule has 0 bridgehead atoms. The molecule has 18 heavy (non-hydrogen) atoms. The maximum atomic E-state index is 11.8. The largest absolute Gasteiger partial charge is 0.508 e. The lowest BCUT2D eigenvalue weighted by molar-refractivity contribution is -0.140. The van der Waals surface area contributed by atoms with E-state index >= 15 is 0 Å². The first-order valence-electron chi connectivity index (χ1n) is 5.78. The molecule has 0 aliphatic heterocycles. The Morgan fingerprint density at radius 2 is 1.83 bits per heavy atom. The first-order chi connectivity index (χ1) is 8.45. The molecule has 0 fully saturated rings. The zero-order valence-corrected chi connectivity index (χ0v) is 10.4.